The largest absolute Gasteiger partial charge is 0.378 e. The number of H-pyrrole nitrogens is 1. The first kappa shape index (κ1) is 12.1. The quantitative estimate of drug-likeness (QED) is 0.837. The van der Waals surface area contributed by atoms with Crippen molar-refractivity contribution in [2.24, 2.45) is 16.7 Å². The van der Waals surface area contributed by atoms with E-state index in [1.54, 1.807) is 0 Å². The third-order valence-corrected chi connectivity index (χ3v) is 5.69. The van der Waals surface area contributed by atoms with Crippen LogP contribution in [0, 0.1) is 30.6 Å². The smallest absolute Gasteiger partial charge is 0.0825 e. The molecule has 3 nitrogen and oxygen atoms in total. The number of hydrogen-bond donors (Lipinski definition) is 2. The first-order chi connectivity index (χ1) is 8.34. The Morgan fingerprint density at radius 2 is 2.00 bits per heavy atom. The molecule has 2 N–H and O–H groups in total. The standard InChI is InChI=1S/C15H25N3/c1-9-12(10(2)18-17-9)16-13-14(3,4)11-6-7-15(13,5)8-11/h11,13,16H,6-8H2,1-5H3,(H,17,18). The Morgan fingerprint density at radius 1 is 1.28 bits per heavy atom. The van der Waals surface area contributed by atoms with E-state index in [0.29, 0.717) is 16.9 Å². The van der Waals surface area contributed by atoms with E-state index in [1.165, 1.54) is 24.9 Å². The van der Waals surface area contributed by atoms with Crippen molar-refractivity contribution in [3.05, 3.63) is 11.4 Å². The number of hydrogen-bond acceptors (Lipinski definition) is 2. The van der Waals surface area contributed by atoms with Gasteiger partial charge in [0.25, 0.3) is 0 Å². The molecule has 100 valence electrons. The van der Waals surface area contributed by atoms with E-state index >= 15 is 0 Å². The molecule has 1 aromatic heterocycles. The minimum atomic E-state index is 0.392. The lowest BCUT2D eigenvalue weighted by Gasteiger charge is -2.43. The zero-order valence-electron chi connectivity index (χ0n) is 12.2. The highest BCUT2D eigenvalue weighted by Gasteiger charge is 2.59. The summed E-state index contributed by atoms with van der Waals surface area (Å²) in [5.74, 6) is 0.882. The van der Waals surface area contributed by atoms with Crippen LogP contribution in [0.3, 0.4) is 0 Å². The fourth-order valence-electron chi connectivity index (χ4n) is 4.57. The van der Waals surface area contributed by atoms with Gasteiger partial charge in [0.2, 0.25) is 0 Å². The molecule has 0 aromatic carbocycles. The van der Waals surface area contributed by atoms with Crippen LogP contribution in [0.4, 0.5) is 5.69 Å². The maximum absolute atomic E-state index is 4.30. The number of aromatic nitrogens is 2. The van der Waals surface area contributed by atoms with Crippen molar-refractivity contribution in [3.63, 3.8) is 0 Å². The van der Waals surface area contributed by atoms with E-state index in [2.05, 4.69) is 50.1 Å². The fraction of sp³-hybridized carbons (Fsp3) is 0.800. The van der Waals surface area contributed by atoms with Crippen LogP contribution in [0.15, 0.2) is 0 Å². The normalized spacial score (nSPS) is 37.2. The van der Waals surface area contributed by atoms with Gasteiger partial charge >= 0.3 is 0 Å². The molecule has 3 atom stereocenters. The van der Waals surface area contributed by atoms with E-state index < -0.39 is 0 Å². The second-order valence-electron chi connectivity index (χ2n) is 7.30. The summed E-state index contributed by atoms with van der Waals surface area (Å²) in [6.45, 7) is 11.5. The first-order valence-electron chi connectivity index (χ1n) is 7.13. The molecule has 2 saturated carbocycles. The Bertz CT molecular complexity index is 450. The average Bonchev–Trinajstić information content (AvgIpc) is 2.86. The summed E-state index contributed by atoms with van der Waals surface area (Å²) in [6, 6.07) is 0.568. The van der Waals surface area contributed by atoms with Crippen molar-refractivity contribution in [2.75, 3.05) is 5.32 Å². The Kier molecular flexibility index (Phi) is 2.36. The van der Waals surface area contributed by atoms with E-state index in [1.807, 2.05) is 0 Å². The minimum Gasteiger partial charge on any atom is -0.378 e. The lowest BCUT2D eigenvalue weighted by atomic mass is 9.68. The van der Waals surface area contributed by atoms with Crippen LogP contribution >= 0.6 is 0 Å². The summed E-state index contributed by atoms with van der Waals surface area (Å²) >= 11 is 0. The number of nitrogens with one attached hydrogen (secondary N) is 2. The van der Waals surface area contributed by atoms with Gasteiger partial charge in [0.05, 0.1) is 17.1 Å². The molecule has 2 fully saturated rings. The topological polar surface area (TPSA) is 40.7 Å². The zero-order chi connectivity index (χ0) is 13.1. The van der Waals surface area contributed by atoms with Crippen molar-refractivity contribution >= 4 is 5.69 Å². The Balaban J connectivity index is 1.93. The van der Waals surface area contributed by atoms with Gasteiger partial charge in [0.1, 0.15) is 0 Å². The summed E-state index contributed by atoms with van der Waals surface area (Å²) in [7, 11) is 0. The lowest BCUT2D eigenvalue weighted by Crippen LogP contribution is -2.46. The minimum absolute atomic E-state index is 0.392. The SMILES string of the molecule is Cc1n[nH]c(C)c1NC1C2(C)CCC(C2)C1(C)C. The van der Waals surface area contributed by atoms with Crippen molar-refractivity contribution < 1.29 is 0 Å². The molecule has 3 unspecified atom stereocenters. The van der Waals surface area contributed by atoms with Gasteiger partial charge in [-0.05, 0) is 49.9 Å². The molecule has 0 radical (unpaired) electrons. The van der Waals surface area contributed by atoms with E-state index in [4.69, 9.17) is 0 Å². The monoisotopic (exact) mass is 247 g/mol. The third kappa shape index (κ3) is 1.45. The first-order valence-corrected chi connectivity index (χ1v) is 7.13. The number of nitrogens with zero attached hydrogens (tertiary/aromatic N) is 1. The molecule has 1 aromatic rings. The summed E-state index contributed by atoms with van der Waals surface area (Å²) in [4.78, 5) is 0. The number of rotatable bonds is 2. The highest BCUT2D eigenvalue weighted by Crippen LogP contribution is 2.63. The second kappa shape index (κ2) is 3.52. The predicted molar refractivity (Wildman–Crippen MR) is 74.7 cm³/mol. The van der Waals surface area contributed by atoms with Gasteiger partial charge in [0, 0.05) is 6.04 Å². The Labute approximate surface area is 110 Å². The van der Waals surface area contributed by atoms with Crippen molar-refractivity contribution in [2.45, 2.75) is 59.9 Å². The fourth-order valence-corrected chi connectivity index (χ4v) is 4.57. The molecule has 2 bridgehead atoms. The molecule has 3 heteroatoms. The van der Waals surface area contributed by atoms with Crippen molar-refractivity contribution in [3.8, 4) is 0 Å². The van der Waals surface area contributed by atoms with Crippen LogP contribution in [0.1, 0.15) is 51.4 Å². The van der Waals surface area contributed by atoms with Crippen LogP contribution in [-0.4, -0.2) is 16.2 Å². The molecule has 0 spiro atoms. The van der Waals surface area contributed by atoms with E-state index in [0.717, 1.165) is 17.3 Å². The van der Waals surface area contributed by atoms with Gasteiger partial charge in [-0.2, -0.15) is 5.10 Å². The van der Waals surface area contributed by atoms with Crippen LogP contribution in [0.2, 0.25) is 0 Å². The summed E-state index contributed by atoms with van der Waals surface area (Å²) in [6.07, 6.45) is 4.16. The molecule has 3 rings (SSSR count). The van der Waals surface area contributed by atoms with E-state index in [9.17, 15) is 0 Å². The summed E-state index contributed by atoms with van der Waals surface area (Å²) < 4.78 is 0. The molecule has 2 aliphatic rings. The maximum Gasteiger partial charge on any atom is 0.0825 e. The van der Waals surface area contributed by atoms with Gasteiger partial charge in [0.15, 0.2) is 0 Å². The van der Waals surface area contributed by atoms with Gasteiger partial charge in [-0.15, -0.1) is 0 Å². The number of anilines is 1. The van der Waals surface area contributed by atoms with Gasteiger partial charge in [-0.25, -0.2) is 0 Å². The van der Waals surface area contributed by atoms with Crippen LogP contribution in [0.25, 0.3) is 0 Å². The Morgan fingerprint density at radius 3 is 2.50 bits per heavy atom. The molecule has 18 heavy (non-hydrogen) atoms. The zero-order valence-corrected chi connectivity index (χ0v) is 12.2. The Hall–Kier alpha value is -0.990. The molecule has 0 amide bonds. The van der Waals surface area contributed by atoms with Crippen LogP contribution in [-0.2, 0) is 0 Å². The van der Waals surface area contributed by atoms with Gasteiger partial charge < -0.3 is 5.32 Å². The number of aromatic amines is 1. The molecule has 0 saturated heterocycles. The van der Waals surface area contributed by atoms with Crippen LogP contribution in [0.5, 0.6) is 0 Å². The molecular weight excluding hydrogens is 222 g/mol. The molecule has 0 aliphatic heterocycles. The van der Waals surface area contributed by atoms with E-state index in [-0.39, 0.29) is 0 Å². The second-order valence-corrected chi connectivity index (χ2v) is 7.30. The summed E-state index contributed by atoms with van der Waals surface area (Å²) in [5, 5.41) is 11.2. The van der Waals surface area contributed by atoms with Crippen molar-refractivity contribution in [1.82, 2.24) is 10.2 Å². The molecular formula is C15H25N3. The average molecular weight is 247 g/mol. The van der Waals surface area contributed by atoms with Gasteiger partial charge in [-0.3, -0.25) is 5.10 Å². The maximum atomic E-state index is 4.30. The number of aryl methyl sites for hydroxylation is 2. The van der Waals surface area contributed by atoms with Gasteiger partial charge in [-0.1, -0.05) is 20.8 Å². The predicted octanol–water partition coefficient (Wildman–Crippen LogP) is 3.65. The molecule has 2 aliphatic carbocycles. The molecule has 1 heterocycles. The third-order valence-electron chi connectivity index (χ3n) is 5.69. The van der Waals surface area contributed by atoms with Crippen molar-refractivity contribution in [1.29, 1.82) is 0 Å². The number of fused-ring (bicyclic) bond motifs is 2. The highest BCUT2D eigenvalue weighted by molar-refractivity contribution is 5.53. The van der Waals surface area contributed by atoms with Crippen LogP contribution < -0.4 is 5.32 Å². The highest BCUT2D eigenvalue weighted by atomic mass is 15.2. The lowest BCUT2D eigenvalue weighted by molar-refractivity contribution is 0.155. The summed E-state index contributed by atoms with van der Waals surface area (Å²) in [5.41, 5.74) is 4.33.